The second-order valence-corrected chi connectivity index (χ2v) is 6.85. The Morgan fingerprint density at radius 3 is 2.69 bits per heavy atom. The van der Waals surface area contributed by atoms with Crippen molar-refractivity contribution in [1.82, 2.24) is 25.2 Å². The average molecular weight is 360 g/mol. The normalized spacial score (nSPS) is 17.2. The van der Waals surface area contributed by atoms with Crippen molar-refractivity contribution >= 4 is 6.03 Å². The third-order valence-electron chi connectivity index (χ3n) is 4.94. The van der Waals surface area contributed by atoms with Crippen LogP contribution in [0.2, 0.25) is 0 Å². The molecule has 2 heterocycles. The van der Waals surface area contributed by atoms with Crippen molar-refractivity contribution in [1.29, 1.82) is 0 Å². The summed E-state index contributed by atoms with van der Waals surface area (Å²) < 4.78 is 14.9. The van der Waals surface area contributed by atoms with Gasteiger partial charge in [-0.1, -0.05) is 17.3 Å². The van der Waals surface area contributed by atoms with E-state index in [9.17, 15) is 9.18 Å². The highest BCUT2D eigenvalue weighted by atomic mass is 19.1. The van der Waals surface area contributed by atoms with Crippen LogP contribution in [0.3, 0.4) is 0 Å². The van der Waals surface area contributed by atoms with Crippen molar-refractivity contribution in [2.75, 3.05) is 13.1 Å². The lowest BCUT2D eigenvalue weighted by atomic mass is 10.0. The largest absolute Gasteiger partial charge is 0.352 e. The van der Waals surface area contributed by atoms with Crippen LogP contribution in [-0.4, -0.2) is 45.1 Å². The maximum atomic E-state index is 13.0. The second-order valence-electron chi connectivity index (χ2n) is 6.85. The summed E-state index contributed by atoms with van der Waals surface area (Å²) in [6.45, 7) is 4.49. The van der Waals surface area contributed by atoms with Crippen LogP contribution >= 0.6 is 0 Å². The summed E-state index contributed by atoms with van der Waals surface area (Å²) in [5.41, 5.74) is 6.93. The number of nitrogens with zero attached hydrogens (tertiary/aromatic N) is 4. The molecule has 26 heavy (non-hydrogen) atoms. The van der Waals surface area contributed by atoms with Crippen LogP contribution in [0.15, 0.2) is 30.5 Å². The molecule has 0 saturated carbocycles. The molecule has 0 bridgehead atoms. The molecule has 1 aliphatic heterocycles. The molecule has 140 valence electrons. The molecule has 7 nitrogen and oxygen atoms in total. The van der Waals surface area contributed by atoms with Gasteiger partial charge in [0.25, 0.3) is 0 Å². The average Bonchev–Trinajstić information content (AvgIpc) is 3.11. The van der Waals surface area contributed by atoms with Crippen LogP contribution in [0, 0.1) is 5.82 Å². The van der Waals surface area contributed by atoms with Gasteiger partial charge in [0.2, 0.25) is 0 Å². The Labute approximate surface area is 152 Å². The maximum Gasteiger partial charge on any atom is 0.312 e. The van der Waals surface area contributed by atoms with E-state index in [0.717, 1.165) is 37.9 Å². The maximum absolute atomic E-state index is 13.0. The molecule has 3 rings (SSSR count). The Balaban J connectivity index is 1.49. The van der Waals surface area contributed by atoms with Crippen LogP contribution in [0.4, 0.5) is 9.18 Å². The molecule has 1 aromatic heterocycles. The van der Waals surface area contributed by atoms with Gasteiger partial charge in [-0.2, -0.15) is 0 Å². The SMILES string of the molecule is CC(Cc1ccc(F)cc1)N1CCC(n2cc(CNC(N)=O)nn2)CC1. The molecule has 0 spiro atoms. The zero-order valence-electron chi connectivity index (χ0n) is 14.9. The van der Waals surface area contributed by atoms with Crippen LogP contribution in [-0.2, 0) is 13.0 Å². The predicted molar refractivity (Wildman–Crippen MR) is 95.9 cm³/mol. The minimum atomic E-state index is -0.567. The van der Waals surface area contributed by atoms with Gasteiger partial charge in [-0.25, -0.2) is 13.9 Å². The topological polar surface area (TPSA) is 89.1 Å². The van der Waals surface area contributed by atoms with Crippen molar-refractivity contribution in [2.24, 2.45) is 5.73 Å². The van der Waals surface area contributed by atoms with E-state index in [1.165, 1.54) is 12.1 Å². The highest BCUT2D eigenvalue weighted by Gasteiger charge is 2.24. The highest BCUT2D eigenvalue weighted by molar-refractivity contribution is 5.71. The predicted octanol–water partition coefficient (Wildman–Crippen LogP) is 1.85. The molecule has 1 atom stereocenters. The summed E-state index contributed by atoms with van der Waals surface area (Å²) in [6, 6.07) is 6.91. The zero-order chi connectivity index (χ0) is 18.5. The number of carbonyl (C=O) groups is 1. The summed E-state index contributed by atoms with van der Waals surface area (Å²) in [4.78, 5) is 13.2. The molecule has 1 aliphatic rings. The van der Waals surface area contributed by atoms with Gasteiger partial charge >= 0.3 is 6.03 Å². The number of hydrogen-bond donors (Lipinski definition) is 2. The molecule has 1 fully saturated rings. The van der Waals surface area contributed by atoms with Gasteiger partial charge in [0.1, 0.15) is 11.5 Å². The second kappa shape index (κ2) is 8.27. The standard InChI is InChI=1S/C18H25FN6O/c1-13(10-14-2-4-15(19)5-3-14)24-8-6-17(7-9-24)25-12-16(22-23-25)11-21-18(20)26/h2-5,12-13,17H,6-11H2,1H3,(H3,20,21,26). The minimum Gasteiger partial charge on any atom is -0.352 e. The minimum absolute atomic E-state index is 0.194. The fourth-order valence-corrected chi connectivity index (χ4v) is 3.43. The molecule has 1 aromatic carbocycles. The first-order valence-electron chi connectivity index (χ1n) is 8.94. The van der Waals surface area contributed by atoms with Gasteiger partial charge in [0, 0.05) is 19.1 Å². The first-order chi connectivity index (χ1) is 12.5. The number of urea groups is 1. The first-order valence-corrected chi connectivity index (χ1v) is 8.94. The van der Waals surface area contributed by atoms with Gasteiger partial charge in [-0.15, -0.1) is 5.10 Å². The van der Waals surface area contributed by atoms with Gasteiger partial charge in [-0.3, -0.25) is 0 Å². The molecule has 0 aliphatic carbocycles. The number of aromatic nitrogens is 3. The molecular formula is C18H25FN6O. The quantitative estimate of drug-likeness (QED) is 0.823. The lowest BCUT2D eigenvalue weighted by Crippen LogP contribution is -2.41. The van der Waals surface area contributed by atoms with E-state index in [2.05, 4.69) is 27.5 Å². The molecule has 8 heteroatoms. The van der Waals surface area contributed by atoms with E-state index >= 15 is 0 Å². The van der Waals surface area contributed by atoms with Gasteiger partial charge in [-0.05, 0) is 43.9 Å². The number of piperidine rings is 1. The van der Waals surface area contributed by atoms with E-state index in [1.54, 1.807) is 0 Å². The fraction of sp³-hybridized carbons (Fsp3) is 0.500. The van der Waals surface area contributed by atoms with E-state index in [1.807, 2.05) is 23.0 Å². The van der Waals surface area contributed by atoms with Crippen LogP contribution in [0.25, 0.3) is 0 Å². The smallest absolute Gasteiger partial charge is 0.312 e. The Hall–Kier alpha value is -2.48. The van der Waals surface area contributed by atoms with Crippen molar-refractivity contribution in [3.63, 3.8) is 0 Å². The summed E-state index contributed by atoms with van der Waals surface area (Å²) >= 11 is 0. The van der Waals surface area contributed by atoms with Crippen LogP contribution < -0.4 is 11.1 Å². The van der Waals surface area contributed by atoms with Crippen LogP contribution in [0.5, 0.6) is 0 Å². The Bertz CT molecular complexity index is 724. The van der Waals surface area contributed by atoms with Gasteiger partial charge < -0.3 is 16.0 Å². The van der Waals surface area contributed by atoms with Crippen molar-refractivity contribution in [2.45, 2.75) is 44.8 Å². The highest BCUT2D eigenvalue weighted by Crippen LogP contribution is 2.24. The van der Waals surface area contributed by atoms with Gasteiger partial charge in [0.15, 0.2) is 0 Å². The Morgan fingerprint density at radius 2 is 2.04 bits per heavy atom. The molecule has 1 saturated heterocycles. The Kier molecular flexibility index (Phi) is 5.82. The van der Waals surface area contributed by atoms with Gasteiger partial charge in [0.05, 0.1) is 18.8 Å². The summed E-state index contributed by atoms with van der Waals surface area (Å²) in [7, 11) is 0. The van der Waals surface area contributed by atoms with Crippen molar-refractivity contribution in [3.05, 3.63) is 47.5 Å². The lowest BCUT2D eigenvalue weighted by Gasteiger charge is -2.36. The number of nitrogens with two attached hydrogens (primary N) is 1. The number of primary amides is 1. The summed E-state index contributed by atoms with van der Waals surface area (Å²) in [5.74, 6) is -0.194. The van der Waals surface area contributed by atoms with E-state index in [-0.39, 0.29) is 5.82 Å². The van der Waals surface area contributed by atoms with E-state index in [0.29, 0.717) is 24.3 Å². The molecule has 0 radical (unpaired) electrons. The number of halogens is 1. The monoisotopic (exact) mass is 360 g/mol. The third kappa shape index (κ3) is 4.78. The lowest BCUT2D eigenvalue weighted by molar-refractivity contribution is 0.137. The molecule has 3 N–H and O–H groups in total. The van der Waals surface area contributed by atoms with Crippen LogP contribution in [0.1, 0.15) is 37.1 Å². The van der Waals surface area contributed by atoms with Crippen molar-refractivity contribution in [3.8, 4) is 0 Å². The summed E-state index contributed by atoms with van der Waals surface area (Å²) in [5, 5.41) is 10.8. The number of carbonyl (C=O) groups excluding carboxylic acids is 1. The molecule has 2 amide bonds. The fourth-order valence-electron chi connectivity index (χ4n) is 3.43. The van der Waals surface area contributed by atoms with E-state index in [4.69, 9.17) is 5.73 Å². The molecule has 2 aromatic rings. The molecule has 1 unspecified atom stereocenters. The summed E-state index contributed by atoms with van der Waals surface area (Å²) in [6.07, 6.45) is 4.79. The first kappa shape index (κ1) is 18.3. The van der Waals surface area contributed by atoms with E-state index < -0.39 is 6.03 Å². The number of benzene rings is 1. The van der Waals surface area contributed by atoms with Crippen molar-refractivity contribution < 1.29 is 9.18 Å². The number of hydrogen-bond acceptors (Lipinski definition) is 4. The zero-order valence-corrected chi connectivity index (χ0v) is 14.9. The number of likely N-dealkylation sites (tertiary alicyclic amines) is 1. The number of amides is 2. The number of rotatable bonds is 6. The number of nitrogens with one attached hydrogen (secondary N) is 1. The third-order valence-corrected chi connectivity index (χ3v) is 4.94. The Morgan fingerprint density at radius 1 is 1.35 bits per heavy atom. The molecular weight excluding hydrogens is 335 g/mol.